The second-order valence-electron chi connectivity index (χ2n) is 5.09. The number of hydrazine groups is 1. The Morgan fingerprint density at radius 2 is 2.21 bits per heavy atom. The summed E-state index contributed by atoms with van der Waals surface area (Å²) >= 11 is 1.46. The minimum atomic E-state index is -1.28. The molecule has 0 radical (unpaired) electrons. The van der Waals surface area contributed by atoms with Gasteiger partial charge in [-0.25, -0.2) is 10.2 Å². The van der Waals surface area contributed by atoms with E-state index in [0.29, 0.717) is 11.6 Å². The van der Waals surface area contributed by atoms with Gasteiger partial charge in [-0.2, -0.15) is 5.26 Å². The first kappa shape index (κ1) is 15.8. The van der Waals surface area contributed by atoms with Gasteiger partial charge in [-0.3, -0.25) is 10.6 Å². The molecular formula is C11H18N4O3S. The van der Waals surface area contributed by atoms with Crippen LogP contribution in [-0.4, -0.2) is 46.1 Å². The largest absolute Gasteiger partial charge is 0.458 e. The van der Waals surface area contributed by atoms with E-state index in [1.807, 2.05) is 6.07 Å². The highest BCUT2D eigenvalue weighted by Crippen LogP contribution is 2.21. The van der Waals surface area contributed by atoms with Crippen molar-refractivity contribution in [2.24, 2.45) is 5.84 Å². The molecule has 1 fully saturated rings. The van der Waals surface area contributed by atoms with Gasteiger partial charge in [-0.05, 0) is 20.8 Å². The summed E-state index contributed by atoms with van der Waals surface area (Å²) in [5.74, 6) is 4.89. The molecule has 2 unspecified atom stereocenters. The van der Waals surface area contributed by atoms with Crippen molar-refractivity contribution in [1.82, 2.24) is 10.3 Å². The number of nitrogens with one attached hydrogen (secondary N) is 1. The van der Waals surface area contributed by atoms with Gasteiger partial charge < -0.3 is 9.64 Å². The average molecular weight is 286 g/mol. The summed E-state index contributed by atoms with van der Waals surface area (Å²) in [6, 6.07) is 0.209. The summed E-state index contributed by atoms with van der Waals surface area (Å²) in [4.78, 5) is 25.4. The van der Waals surface area contributed by atoms with Crippen molar-refractivity contribution >= 4 is 23.6 Å². The van der Waals surface area contributed by atoms with E-state index in [1.165, 1.54) is 16.7 Å². The summed E-state index contributed by atoms with van der Waals surface area (Å²) in [6.07, 6.45) is 0. The first-order valence-electron chi connectivity index (χ1n) is 5.77. The number of nitrogens with two attached hydrogens (primary N) is 1. The van der Waals surface area contributed by atoms with Crippen LogP contribution >= 0.6 is 11.8 Å². The van der Waals surface area contributed by atoms with Gasteiger partial charge in [0.1, 0.15) is 11.6 Å². The van der Waals surface area contributed by atoms with Crippen LogP contribution in [0.4, 0.5) is 0 Å². The van der Waals surface area contributed by atoms with Crippen LogP contribution in [0, 0.1) is 11.3 Å². The SMILES string of the molecule is CC(C)(C)OC(=O)C(NN)C(=O)N1CSCC1C#N. The Hall–Kier alpha value is -1.30. The monoisotopic (exact) mass is 286 g/mol. The number of carbonyl (C=O) groups is 2. The number of amides is 1. The Kier molecular flexibility index (Phi) is 5.17. The van der Waals surface area contributed by atoms with Gasteiger partial charge in [0.15, 0.2) is 6.04 Å². The molecule has 1 aliphatic rings. The first-order chi connectivity index (χ1) is 8.80. The number of nitriles is 1. The Morgan fingerprint density at radius 1 is 1.58 bits per heavy atom. The molecule has 1 heterocycles. The number of rotatable bonds is 3. The molecular weight excluding hydrogens is 268 g/mol. The molecule has 19 heavy (non-hydrogen) atoms. The molecule has 0 aromatic carbocycles. The first-order valence-corrected chi connectivity index (χ1v) is 6.92. The zero-order chi connectivity index (χ0) is 14.6. The van der Waals surface area contributed by atoms with E-state index in [0.717, 1.165) is 0 Å². The van der Waals surface area contributed by atoms with Crippen LogP contribution < -0.4 is 11.3 Å². The average Bonchev–Trinajstić information content (AvgIpc) is 2.75. The van der Waals surface area contributed by atoms with Crippen LogP contribution in [0.5, 0.6) is 0 Å². The van der Waals surface area contributed by atoms with E-state index in [2.05, 4.69) is 5.43 Å². The third-order valence-corrected chi connectivity index (χ3v) is 3.38. The Labute approximate surface area is 116 Å². The predicted octanol–water partition coefficient (Wildman–Crippen LogP) is -0.415. The van der Waals surface area contributed by atoms with Gasteiger partial charge in [0, 0.05) is 5.75 Å². The molecule has 0 spiro atoms. The minimum Gasteiger partial charge on any atom is -0.458 e. The van der Waals surface area contributed by atoms with Gasteiger partial charge in [-0.1, -0.05) is 0 Å². The quantitative estimate of drug-likeness (QED) is 0.314. The number of nitrogens with zero attached hydrogens (tertiary/aromatic N) is 2. The summed E-state index contributed by atoms with van der Waals surface area (Å²) in [6.45, 7) is 5.10. The van der Waals surface area contributed by atoms with Crippen molar-refractivity contribution in [3.63, 3.8) is 0 Å². The van der Waals surface area contributed by atoms with E-state index in [-0.39, 0.29) is 0 Å². The standard InChI is InChI=1S/C11H18N4O3S/c1-11(2,3)18-10(17)8(14-13)9(16)15-6-19-5-7(15)4-12/h7-8,14H,5-6,13H2,1-3H3. The number of thioether (sulfide) groups is 1. The number of hydrogen-bond acceptors (Lipinski definition) is 7. The highest BCUT2D eigenvalue weighted by molar-refractivity contribution is 7.99. The van der Waals surface area contributed by atoms with E-state index in [1.54, 1.807) is 20.8 Å². The maximum Gasteiger partial charge on any atom is 0.334 e. The molecule has 7 nitrogen and oxygen atoms in total. The van der Waals surface area contributed by atoms with E-state index < -0.39 is 29.6 Å². The second kappa shape index (κ2) is 6.23. The Bertz CT molecular complexity index is 402. The van der Waals surface area contributed by atoms with E-state index in [4.69, 9.17) is 15.8 Å². The fourth-order valence-electron chi connectivity index (χ4n) is 1.53. The zero-order valence-corrected chi connectivity index (χ0v) is 12.0. The highest BCUT2D eigenvalue weighted by atomic mass is 32.2. The van der Waals surface area contributed by atoms with Crippen LogP contribution in [0.1, 0.15) is 20.8 Å². The summed E-state index contributed by atoms with van der Waals surface area (Å²) < 4.78 is 5.12. The topological polar surface area (TPSA) is 108 Å². The smallest absolute Gasteiger partial charge is 0.334 e. The molecule has 0 saturated carbocycles. The molecule has 1 aliphatic heterocycles. The third-order valence-electron chi connectivity index (χ3n) is 2.37. The highest BCUT2D eigenvalue weighted by Gasteiger charge is 2.38. The van der Waals surface area contributed by atoms with Crippen LogP contribution in [0.25, 0.3) is 0 Å². The molecule has 0 aromatic heterocycles. The van der Waals surface area contributed by atoms with Crippen molar-refractivity contribution < 1.29 is 14.3 Å². The fraction of sp³-hybridized carbons (Fsp3) is 0.727. The van der Waals surface area contributed by atoms with Crippen LogP contribution in [0.15, 0.2) is 0 Å². The van der Waals surface area contributed by atoms with Gasteiger partial charge >= 0.3 is 5.97 Å². The van der Waals surface area contributed by atoms with Crippen molar-refractivity contribution in [3.05, 3.63) is 0 Å². The second-order valence-corrected chi connectivity index (χ2v) is 6.09. The van der Waals surface area contributed by atoms with Crippen molar-refractivity contribution in [2.75, 3.05) is 11.6 Å². The number of esters is 1. The van der Waals surface area contributed by atoms with Crippen LogP contribution in [-0.2, 0) is 14.3 Å². The predicted molar refractivity (Wildman–Crippen MR) is 70.5 cm³/mol. The molecule has 3 N–H and O–H groups in total. The number of carbonyl (C=O) groups excluding carboxylic acids is 2. The Morgan fingerprint density at radius 3 is 2.68 bits per heavy atom. The number of hydrogen-bond donors (Lipinski definition) is 2. The minimum absolute atomic E-state index is 0.373. The molecule has 0 aliphatic carbocycles. The normalized spacial score (nSPS) is 20.8. The fourth-order valence-corrected chi connectivity index (χ4v) is 2.62. The molecule has 1 saturated heterocycles. The molecule has 0 aromatic rings. The maximum absolute atomic E-state index is 12.2. The maximum atomic E-state index is 12.2. The lowest BCUT2D eigenvalue weighted by atomic mass is 10.1. The van der Waals surface area contributed by atoms with Gasteiger partial charge in [0.25, 0.3) is 5.91 Å². The van der Waals surface area contributed by atoms with Crippen LogP contribution in [0.3, 0.4) is 0 Å². The molecule has 8 heteroatoms. The molecule has 1 amide bonds. The van der Waals surface area contributed by atoms with Gasteiger partial charge in [-0.15, -0.1) is 11.8 Å². The lowest BCUT2D eigenvalue weighted by molar-refractivity contribution is -0.161. The summed E-state index contributed by atoms with van der Waals surface area (Å²) in [5, 5.41) is 8.94. The van der Waals surface area contributed by atoms with Crippen molar-refractivity contribution in [1.29, 1.82) is 5.26 Å². The molecule has 106 valence electrons. The van der Waals surface area contributed by atoms with Gasteiger partial charge in [0.05, 0.1) is 11.9 Å². The molecule has 2 atom stereocenters. The lowest BCUT2D eigenvalue weighted by Crippen LogP contribution is -2.55. The van der Waals surface area contributed by atoms with E-state index >= 15 is 0 Å². The van der Waals surface area contributed by atoms with Gasteiger partial charge in [0.2, 0.25) is 0 Å². The third kappa shape index (κ3) is 4.09. The molecule has 0 bridgehead atoms. The Balaban J connectivity index is 2.77. The van der Waals surface area contributed by atoms with E-state index in [9.17, 15) is 9.59 Å². The van der Waals surface area contributed by atoms with Crippen molar-refractivity contribution in [3.8, 4) is 6.07 Å². The van der Waals surface area contributed by atoms with Crippen LogP contribution in [0.2, 0.25) is 0 Å². The number of ether oxygens (including phenoxy) is 1. The lowest BCUT2D eigenvalue weighted by Gasteiger charge is -2.26. The summed E-state index contributed by atoms with van der Waals surface area (Å²) in [7, 11) is 0. The summed E-state index contributed by atoms with van der Waals surface area (Å²) in [5.41, 5.74) is 1.45. The van der Waals surface area contributed by atoms with Crippen molar-refractivity contribution in [2.45, 2.75) is 38.5 Å². The zero-order valence-electron chi connectivity index (χ0n) is 11.2. The molecule has 1 rings (SSSR count).